The molecule has 1 fully saturated rings. The molecule has 0 radical (unpaired) electrons. The molecule has 1 unspecified atom stereocenters. The van der Waals surface area contributed by atoms with Crippen molar-refractivity contribution in [2.24, 2.45) is 0 Å². The van der Waals surface area contributed by atoms with E-state index in [2.05, 4.69) is 9.47 Å². The maximum Gasteiger partial charge on any atom is 0.0845 e. The lowest BCUT2D eigenvalue weighted by Crippen LogP contribution is -2.35. The van der Waals surface area contributed by atoms with Crippen LogP contribution >= 0.6 is 35.6 Å². The molecule has 146 valence electrons. The number of likely N-dealkylation sites (tertiary alicyclic amines) is 1. The molecule has 1 saturated heterocycles. The molecule has 1 aromatic heterocycles. The van der Waals surface area contributed by atoms with Gasteiger partial charge in [0.05, 0.1) is 12.6 Å². The molecule has 2 aromatic carbocycles. The van der Waals surface area contributed by atoms with Gasteiger partial charge >= 0.3 is 0 Å². The predicted molar refractivity (Wildman–Crippen MR) is 118 cm³/mol. The van der Waals surface area contributed by atoms with Crippen LogP contribution in [0.3, 0.4) is 0 Å². The Morgan fingerprint density at radius 1 is 0.815 bits per heavy atom. The molecule has 2 heterocycles. The number of aliphatic hydroxyl groups is 1. The summed E-state index contributed by atoms with van der Waals surface area (Å²) in [5, 5.41) is 14.4. The summed E-state index contributed by atoms with van der Waals surface area (Å²) in [6.45, 7) is 3.48. The van der Waals surface area contributed by atoms with Crippen molar-refractivity contribution in [1.29, 1.82) is 0 Å². The first-order chi connectivity index (χ1) is 12.6. The number of fused-ring (bicyclic) bond motifs is 3. The zero-order valence-electron chi connectivity index (χ0n) is 15.2. The molecule has 1 aliphatic heterocycles. The molecule has 0 aliphatic carbocycles. The molecule has 4 rings (SSSR count). The third-order valence-electron chi connectivity index (χ3n) is 5.35. The smallest absolute Gasteiger partial charge is 0.0845 e. The number of rotatable bonds is 4. The van der Waals surface area contributed by atoms with E-state index < -0.39 is 6.10 Å². The Labute approximate surface area is 176 Å². The number of β-amino-alcohol motifs (C(OH)–C–C–N with tert-alkyl or cyclic N) is 1. The average molecular weight is 428 g/mol. The van der Waals surface area contributed by atoms with E-state index >= 15 is 0 Å². The predicted octanol–water partition coefficient (Wildman–Crippen LogP) is 5.76. The number of hydrogen-bond donors (Lipinski definition) is 1. The SMILES string of the molecule is Cl.OC(CN1CCCCCC1)Cn1c2ccc(Cl)cc2c2cc(Cl)ccc21. The molecular formula is C21H25Cl3N2O. The van der Waals surface area contributed by atoms with Crippen LogP contribution in [-0.4, -0.2) is 40.3 Å². The maximum atomic E-state index is 10.8. The van der Waals surface area contributed by atoms with E-state index in [0.717, 1.165) is 41.4 Å². The van der Waals surface area contributed by atoms with Crippen molar-refractivity contribution in [3.63, 3.8) is 0 Å². The fourth-order valence-corrected chi connectivity index (χ4v) is 4.47. The van der Waals surface area contributed by atoms with Crippen LogP contribution in [0.1, 0.15) is 25.7 Å². The van der Waals surface area contributed by atoms with Gasteiger partial charge in [-0.2, -0.15) is 0 Å². The normalized spacial score (nSPS) is 17.0. The van der Waals surface area contributed by atoms with Gasteiger partial charge in [-0.25, -0.2) is 0 Å². The summed E-state index contributed by atoms with van der Waals surface area (Å²) in [4.78, 5) is 2.40. The average Bonchev–Trinajstić information content (AvgIpc) is 2.77. The highest BCUT2D eigenvalue weighted by atomic mass is 35.5. The number of halogens is 3. The zero-order chi connectivity index (χ0) is 18.1. The largest absolute Gasteiger partial charge is 0.390 e. The van der Waals surface area contributed by atoms with E-state index in [9.17, 15) is 5.11 Å². The molecule has 1 aliphatic rings. The van der Waals surface area contributed by atoms with Crippen LogP contribution in [0, 0.1) is 0 Å². The fraction of sp³-hybridized carbons (Fsp3) is 0.429. The highest BCUT2D eigenvalue weighted by Gasteiger charge is 2.17. The Bertz CT molecular complexity index is 857. The summed E-state index contributed by atoms with van der Waals surface area (Å²) in [7, 11) is 0. The summed E-state index contributed by atoms with van der Waals surface area (Å²) in [5.74, 6) is 0. The van der Waals surface area contributed by atoms with Crippen molar-refractivity contribution < 1.29 is 5.11 Å². The molecule has 0 amide bonds. The standard InChI is InChI=1S/C21H24Cl2N2O.ClH/c22-15-5-7-20-18(11-15)19-12-16(23)6-8-21(19)25(20)14-17(26)13-24-9-3-1-2-4-10-24;/h5-8,11-12,17,26H,1-4,9-10,13-14H2;1H. The Hall–Kier alpha value is -0.970. The highest BCUT2D eigenvalue weighted by molar-refractivity contribution is 6.33. The first-order valence-electron chi connectivity index (χ1n) is 9.39. The minimum absolute atomic E-state index is 0. The van der Waals surface area contributed by atoms with Gasteiger partial charge in [-0.05, 0) is 62.3 Å². The first-order valence-corrected chi connectivity index (χ1v) is 10.1. The molecule has 27 heavy (non-hydrogen) atoms. The Balaban J connectivity index is 0.00000210. The molecule has 0 spiro atoms. The van der Waals surface area contributed by atoms with Gasteiger partial charge in [0.2, 0.25) is 0 Å². The summed E-state index contributed by atoms with van der Waals surface area (Å²) in [6.07, 6.45) is 4.68. The van der Waals surface area contributed by atoms with E-state index in [0.29, 0.717) is 16.6 Å². The quantitative estimate of drug-likeness (QED) is 0.573. The van der Waals surface area contributed by atoms with E-state index in [1.54, 1.807) is 0 Å². The number of hydrogen-bond acceptors (Lipinski definition) is 2. The summed E-state index contributed by atoms with van der Waals surface area (Å²) < 4.78 is 2.19. The molecule has 0 bridgehead atoms. The molecule has 6 heteroatoms. The van der Waals surface area contributed by atoms with Gasteiger partial charge in [-0.15, -0.1) is 12.4 Å². The minimum atomic E-state index is -0.404. The van der Waals surface area contributed by atoms with Gasteiger partial charge in [0.15, 0.2) is 0 Å². The number of aromatic nitrogens is 1. The Morgan fingerprint density at radius 3 is 1.85 bits per heavy atom. The van der Waals surface area contributed by atoms with E-state index in [4.69, 9.17) is 23.2 Å². The lowest BCUT2D eigenvalue weighted by Gasteiger charge is -2.24. The minimum Gasteiger partial charge on any atom is -0.390 e. The third-order valence-corrected chi connectivity index (χ3v) is 5.82. The second kappa shape index (κ2) is 9.02. The molecule has 1 atom stereocenters. The third kappa shape index (κ3) is 4.55. The van der Waals surface area contributed by atoms with Crippen LogP contribution < -0.4 is 0 Å². The van der Waals surface area contributed by atoms with Gasteiger partial charge in [0.1, 0.15) is 0 Å². The highest BCUT2D eigenvalue weighted by Crippen LogP contribution is 2.33. The summed E-state index contributed by atoms with van der Waals surface area (Å²) >= 11 is 12.4. The number of nitrogens with zero attached hydrogens (tertiary/aromatic N) is 2. The first kappa shape index (κ1) is 20.8. The van der Waals surface area contributed by atoms with E-state index in [1.807, 2.05) is 36.4 Å². The van der Waals surface area contributed by atoms with Crippen LogP contribution in [0.2, 0.25) is 10.0 Å². The van der Waals surface area contributed by atoms with Gasteiger partial charge in [-0.3, -0.25) is 0 Å². The Morgan fingerprint density at radius 2 is 1.33 bits per heavy atom. The molecule has 3 nitrogen and oxygen atoms in total. The van der Waals surface area contributed by atoms with Crippen molar-refractivity contribution in [2.45, 2.75) is 38.3 Å². The topological polar surface area (TPSA) is 28.4 Å². The van der Waals surface area contributed by atoms with Gasteiger partial charge < -0.3 is 14.6 Å². The summed E-state index contributed by atoms with van der Waals surface area (Å²) in [5.41, 5.74) is 2.17. The summed E-state index contributed by atoms with van der Waals surface area (Å²) in [6, 6.07) is 11.8. The monoisotopic (exact) mass is 426 g/mol. The molecule has 3 aromatic rings. The van der Waals surface area contributed by atoms with E-state index in [1.165, 1.54) is 25.7 Å². The fourth-order valence-electron chi connectivity index (χ4n) is 4.13. The Kier molecular flexibility index (Phi) is 6.93. The lowest BCUT2D eigenvalue weighted by atomic mass is 10.1. The second-order valence-electron chi connectivity index (χ2n) is 7.30. The molecule has 1 N–H and O–H groups in total. The van der Waals surface area contributed by atoms with Crippen molar-refractivity contribution in [3.8, 4) is 0 Å². The molecular weight excluding hydrogens is 403 g/mol. The molecule has 0 saturated carbocycles. The van der Waals surface area contributed by atoms with Crippen molar-refractivity contribution in [2.75, 3.05) is 19.6 Å². The number of benzene rings is 2. The zero-order valence-corrected chi connectivity index (χ0v) is 17.5. The van der Waals surface area contributed by atoms with Crippen LogP contribution in [0.15, 0.2) is 36.4 Å². The van der Waals surface area contributed by atoms with Crippen LogP contribution in [0.25, 0.3) is 21.8 Å². The second-order valence-corrected chi connectivity index (χ2v) is 8.18. The van der Waals surface area contributed by atoms with E-state index in [-0.39, 0.29) is 12.4 Å². The van der Waals surface area contributed by atoms with Crippen LogP contribution in [-0.2, 0) is 6.54 Å². The van der Waals surface area contributed by atoms with Crippen LogP contribution in [0.4, 0.5) is 0 Å². The van der Waals surface area contributed by atoms with Crippen molar-refractivity contribution in [1.82, 2.24) is 9.47 Å². The maximum absolute atomic E-state index is 10.8. The van der Waals surface area contributed by atoms with Gasteiger partial charge in [-0.1, -0.05) is 36.0 Å². The van der Waals surface area contributed by atoms with Crippen LogP contribution in [0.5, 0.6) is 0 Å². The lowest BCUT2D eigenvalue weighted by molar-refractivity contribution is 0.102. The van der Waals surface area contributed by atoms with Crippen molar-refractivity contribution in [3.05, 3.63) is 46.4 Å². The number of aliphatic hydroxyl groups excluding tert-OH is 1. The van der Waals surface area contributed by atoms with Crippen molar-refractivity contribution >= 4 is 57.4 Å². The van der Waals surface area contributed by atoms with Gasteiger partial charge in [0, 0.05) is 38.4 Å². The van der Waals surface area contributed by atoms with Gasteiger partial charge in [0.25, 0.3) is 0 Å².